The molecule has 1 aromatic carbocycles. The van der Waals surface area contributed by atoms with E-state index in [0.717, 1.165) is 18.4 Å². The Balaban J connectivity index is 1.86. The third-order valence-electron chi connectivity index (χ3n) is 4.76. The van der Waals surface area contributed by atoms with E-state index in [1.54, 1.807) is 12.1 Å². The molecule has 0 radical (unpaired) electrons. The van der Waals surface area contributed by atoms with Crippen molar-refractivity contribution in [1.29, 1.82) is 0 Å². The van der Waals surface area contributed by atoms with Gasteiger partial charge in [-0.05, 0) is 37.3 Å². The number of amides is 1. The molecule has 1 aliphatic rings. The minimum atomic E-state index is -0.689. The molecule has 5 heteroatoms. The van der Waals surface area contributed by atoms with Crippen LogP contribution in [0.3, 0.4) is 0 Å². The smallest absolute Gasteiger partial charge is 0.342 e. The number of benzene rings is 1. The van der Waals surface area contributed by atoms with Crippen LogP contribution in [0, 0.1) is 18.8 Å². The van der Waals surface area contributed by atoms with Crippen LogP contribution in [0.1, 0.15) is 49.0 Å². The zero-order valence-corrected chi connectivity index (χ0v) is 14.0. The number of rotatable bonds is 4. The molecule has 2 N–H and O–H groups in total. The predicted octanol–water partition coefficient (Wildman–Crippen LogP) is 2.80. The molecule has 0 aromatic heterocycles. The lowest BCUT2D eigenvalue weighted by molar-refractivity contribution is -0.125. The van der Waals surface area contributed by atoms with Gasteiger partial charge in [0.1, 0.15) is 11.3 Å². The number of aryl methyl sites for hydroxylation is 1. The molecule has 1 aliphatic carbocycles. The van der Waals surface area contributed by atoms with Gasteiger partial charge in [-0.15, -0.1) is 0 Å². The van der Waals surface area contributed by atoms with Gasteiger partial charge in [-0.1, -0.05) is 38.3 Å². The molecule has 3 atom stereocenters. The SMILES string of the molecule is Cc1ccc(O)c(C(=O)OCC(=O)N[C@H]2CCC[C@@H](C)[C@H]2C)c1. The number of aromatic hydroxyl groups is 1. The summed E-state index contributed by atoms with van der Waals surface area (Å²) < 4.78 is 5.02. The van der Waals surface area contributed by atoms with E-state index in [0.29, 0.717) is 11.8 Å². The molecule has 0 saturated heterocycles. The fraction of sp³-hybridized carbons (Fsp3) is 0.556. The van der Waals surface area contributed by atoms with E-state index in [-0.39, 0.29) is 29.9 Å². The maximum atomic E-state index is 12.0. The number of phenolic OH excluding ortho intramolecular Hbond substituents is 1. The number of esters is 1. The van der Waals surface area contributed by atoms with Gasteiger partial charge in [-0.2, -0.15) is 0 Å². The van der Waals surface area contributed by atoms with Crippen LogP contribution in [0.4, 0.5) is 0 Å². The summed E-state index contributed by atoms with van der Waals surface area (Å²) in [5.74, 6) is -0.122. The van der Waals surface area contributed by atoms with Crippen LogP contribution in [0.5, 0.6) is 5.75 Å². The number of carbonyl (C=O) groups excluding carboxylic acids is 2. The zero-order valence-electron chi connectivity index (χ0n) is 14.0. The van der Waals surface area contributed by atoms with Gasteiger partial charge in [0.15, 0.2) is 6.61 Å². The summed E-state index contributed by atoms with van der Waals surface area (Å²) in [6.45, 7) is 5.83. The highest BCUT2D eigenvalue weighted by Crippen LogP contribution is 2.29. The van der Waals surface area contributed by atoms with Gasteiger partial charge in [-0.25, -0.2) is 4.79 Å². The topological polar surface area (TPSA) is 75.6 Å². The van der Waals surface area contributed by atoms with E-state index in [2.05, 4.69) is 19.2 Å². The van der Waals surface area contributed by atoms with Crippen LogP contribution in [0.2, 0.25) is 0 Å². The molecule has 1 aromatic rings. The Labute approximate surface area is 137 Å². The van der Waals surface area contributed by atoms with Crippen molar-refractivity contribution >= 4 is 11.9 Å². The summed E-state index contributed by atoms with van der Waals surface area (Å²) >= 11 is 0. The van der Waals surface area contributed by atoms with Crippen LogP contribution in [-0.2, 0) is 9.53 Å². The summed E-state index contributed by atoms with van der Waals surface area (Å²) in [7, 11) is 0. The predicted molar refractivity (Wildman–Crippen MR) is 87.2 cm³/mol. The van der Waals surface area contributed by atoms with Gasteiger partial charge in [0.05, 0.1) is 0 Å². The molecule has 0 heterocycles. The summed E-state index contributed by atoms with van der Waals surface area (Å²) in [6.07, 6.45) is 3.26. The standard InChI is InChI=1S/C18H25NO4/c1-11-7-8-16(20)14(9-11)18(22)23-10-17(21)19-15-6-4-5-12(2)13(15)3/h7-9,12-13,15,20H,4-6,10H2,1-3H3,(H,19,21)/t12-,13-,15+/m1/s1. The lowest BCUT2D eigenvalue weighted by Crippen LogP contribution is -2.45. The molecule has 1 amide bonds. The largest absolute Gasteiger partial charge is 0.507 e. The molecular formula is C18H25NO4. The Morgan fingerprint density at radius 3 is 2.78 bits per heavy atom. The minimum Gasteiger partial charge on any atom is -0.507 e. The monoisotopic (exact) mass is 319 g/mol. The number of carbonyl (C=O) groups is 2. The van der Waals surface area contributed by atoms with Gasteiger partial charge in [0.25, 0.3) is 5.91 Å². The summed E-state index contributed by atoms with van der Waals surface area (Å²) in [4.78, 5) is 24.0. The number of nitrogens with one attached hydrogen (secondary N) is 1. The first-order chi connectivity index (χ1) is 10.9. The highest BCUT2D eigenvalue weighted by Gasteiger charge is 2.28. The van der Waals surface area contributed by atoms with Crippen molar-refractivity contribution in [2.75, 3.05) is 6.61 Å². The molecule has 1 fully saturated rings. The van der Waals surface area contributed by atoms with Crippen molar-refractivity contribution < 1.29 is 19.4 Å². The van der Waals surface area contributed by atoms with Gasteiger partial charge in [0.2, 0.25) is 0 Å². The molecule has 0 aliphatic heterocycles. The van der Waals surface area contributed by atoms with E-state index in [4.69, 9.17) is 4.74 Å². The zero-order chi connectivity index (χ0) is 17.0. The molecule has 1 saturated carbocycles. The van der Waals surface area contributed by atoms with Crippen molar-refractivity contribution in [3.63, 3.8) is 0 Å². The Morgan fingerprint density at radius 1 is 1.30 bits per heavy atom. The first-order valence-corrected chi connectivity index (χ1v) is 8.14. The van der Waals surface area contributed by atoms with E-state index in [1.165, 1.54) is 12.5 Å². The summed E-state index contributed by atoms with van der Waals surface area (Å²) in [5.41, 5.74) is 0.918. The molecule has 2 rings (SSSR count). The molecular weight excluding hydrogens is 294 g/mol. The normalized spacial score (nSPS) is 24.0. The number of phenols is 1. The minimum absolute atomic E-state index is 0.0810. The van der Waals surface area contributed by atoms with Crippen LogP contribution >= 0.6 is 0 Å². The first-order valence-electron chi connectivity index (χ1n) is 8.14. The molecule has 5 nitrogen and oxygen atoms in total. The summed E-state index contributed by atoms with van der Waals surface area (Å²) in [5, 5.41) is 12.6. The molecule has 126 valence electrons. The second-order valence-corrected chi connectivity index (χ2v) is 6.54. The van der Waals surface area contributed by atoms with Crippen molar-refractivity contribution in [3.05, 3.63) is 29.3 Å². The quantitative estimate of drug-likeness (QED) is 0.837. The number of hydrogen-bond donors (Lipinski definition) is 2. The van der Waals surface area contributed by atoms with E-state index in [9.17, 15) is 14.7 Å². The van der Waals surface area contributed by atoms with E-state index in [1.807, 2.05) is 6.92 Å². The van der Waals surface area contributed by atoms with Crippen LogP contribution in [-0.4, -0.2) is 29.6 Å². The van der Waals surface area contributed by atoms with Gasteiger partial charge in [-0.3, -0.25) is 4.79 Å². The average Bonchev–Trinajstić information content (AvgIpc) is 2.52. The van der Waals surface area contributed by atoms with Gasteiger partial charge < -0.3 is 15.2 Å². The highest BCUT2D eigenvalue weighted by atomic mass is 16.5. The lowest BCUT2D eigenvalue weighted by Gasteiger charge is -2.34. The lowest BCUT2D eigenvalue weighted by atomic mass is 9.78. The first kappa shape index (κ1) is 17.3. The van der Waals surface area contributed by atoms with Crippen LogP contribution in [0.25, 0.3) is 0 Å². The highest BCUT2D eigenvalue weighted by molar-refractivity contribution is 5.94. The number of hydrogen-bond acceptors (Lipinski definition) is 4. The van der Waals surface area contributed by atoms with Crippen molar-refractivity contribution in [1.82, 2.24) is 5.32 Å². The van der Waals surface area contributed by atoms with E-state index < -0.39 is 5.97 Å². The second-order valence-electron chi connectivity index (χ2n) is 6.54. The van der Waals surface area contributed by atoms with Crippen molar-refractivity contribution in [3.8, 4) is 5.75 Å². The molecule has 0 unspecified atom stereocenters. The maximum Gasteiger partial charge on any atom is 0.342 e. The Hall–Kier alpha value is -2.04. The fourth-order valence-corrected chi connectivity index (χ4v) is 3.06. The van der Waals surface area contributed by atoms with Crippen molar-refractivity contribution in [2.24, 2.45) is 11.8 Å². The average molecular weight is 319 g/mol. The second kappa shape index (κ2) is 7.49. The van der Waals surface area contributed by atoms with Gasteiger partial charge >= 0.3 is 5.97 Å². The van der Waals surface area contributed by atoms with Crippen LogP contribution in [0.15, 0.2) is 18.2 Å². The molecule has 0 bridgehead atoms. The Bertz CT molecular complexity index is 584. The van der Waals surface area contributed by atoms with Crippen molar-refractivity contribution in [2.45, 2.75) is 46.1 Å². The molecule has 0 spiro atoms. The fourth-order valence-electron chi connectivity index (χ4n) is 3.06. The van der Waals surface area contributed by atoms with E-state index >= 15 is 0 Å². The van der Waals surface area contributed by atoms with Crippen LogP contribution < -0.4 is 5.32 Å². The Morgan fingerprint density at radius 2 is 2.04 bits per heavy atom. The molecule has 23 heavy (non-hydrogen) atoms. The summed E-state index contributed by atoms with van der Waals surface area (Å²) in [6, 6.07) is 4.82. The maximum absolute atomic E-state index is 12.0. The van der Waals surface area contributed by atoms with Gasteiger partial charge in [0, 0.05) is 6.04 Å². The third-order valence-corrected chi connectivity index (χ3v) is 4.76. The third kappa shape index (κ3) is 4.47. The Kier molecular flexibility index (Phi) is 5.64. The number of ether oxygens (including phenoxy) is 1.